The van der Waals surface area contributed by atoms with Crippen LogP contribution in [0.15, 0.2) is 30.3 Å². The maximum absolute atomic E-state index is 13.5. The summed E-state index contributed by atoms with van der Waals surface area (Å²) < 4.78 is 39.7. The highest BCUT2D eigenvalue weighted by molar-refractivity contribution is 6.05. The summed E-state index contributed by atoms with van der Waals surface area (Å²) in [5, 5.41) is 2.36. The molecule has 20 heavy (non-hydrogen) atoms. The van der Waals surface area contributed by atoms with Crippen LogP contribution in [0.1, 0.15) is 15.9 Å². The number of nitrogen functional groups attached to an aromatic ring is 1. The lowest BCUT2D eigenvalue weighted by molar-refractivity contribution is 0.102. The van der Waals surface area contributed by atoms with Gasteiger partial charge in [-0.15, -0.1) is 0 Å². The van der Waals surface area contributed by atoms with E-state index < -0.39 is 28.9 Å². The van der Waals surface area contributed by atoms with Gasteiger partial charge in [0.2, 0.25) is 0 Å². The Morgan fingerprint density at radius 2 is 1.80 bits per heavy atom. The smallest absolute Gasteiger partial charge is 0.258 e. The fraction of sp³-hybridized carbons (Fsp3) is 0.0714. The van der Waals surface area contributed by atoms with E-state index in [0.29, 0.717) is 11.6 Å². The highest BCUT2D eigenvalue weighted by atomic mass is 19.1. The Morgan fingerprint density at radius 3 is 2.50 bits per heavy atom. The first-order valence-electron chi connectivity index (χ1n) is 5.70. The van der Waals surface area contributed by atoms with Gasteiger partial charge in [-0.25, -0.2) is 13.2 Å². The highest BCUT2D eigenvalue weighted by Gasteiger charge is 2.16. The predicted octanol–water partition coefficient (Wildman–Crippen LogP) is 3.25. The van der Waals surface area contributed by atoms with Crippen LogP contribution in [0.3, 0.4) is 0 Å². The van der Waals surface area contributed by atoms with Crippen LogP contribution in [-0.2, 0) is 0 Å². The molecule has 0 unspecified atom stereocenters. The average molecular weight is 280 g/mol. The minimum atomic E-state index is -1.04. The quantitative estimate of drug-likeness (QED) is 0.830. The molecule has 0 bridgehead atoms. The van der Waals surface area contributed by atoms with E-state index in [4.69, 9.17) is 5.73 Å². The molecule has 6 heteroatoms. The van der Waals surface area contributed by atoms with Crippen LogP contribution in [-0.4, -0.2) is 5.91 Å². The van der Waals surface area contributed by atoms with Gasteiger partial charge in [0.1, 0.15) is 17.5 Å². The van der Waals surface area contributed by atoms with Crippen molar-refractivity contribution in [2.24, 2.45) is 0 Å². The lowest BCUT2D eigenvalue weighted by Crippen LogP contribution is -2.15. The van der Waals surface area contributed by atoms with Crippen LogP contribution in [0.5, 0.6) is 0 Å². The number of hydrogen-bond acceptors (Lipinski definition) is 2. The summed E-state index contributed by atoms with van der Waals surface area (Å²) in [6, 6.07) is 5.25. The van der Waals surface area contributed by atoms with E-state index in [9.17, 15) is 18.0 Å². The van der Waals surface area contributed by atoms with Crippen LogP contribution in [0, 0.1) is 24.4 Å². The monoisotopic (exact) mass is 280 g/mol. The Hall–Kier alpha value is -2.50. The van der Waals surface area contributed by atoms with Gasteiger partial charge in [-0.1, -0.05) is 6.07 Å². The summed E-state index contributed by atoms with van der Waals surface area (Å²) in [5.74, 6) is -3.35. The molecule has 0 radical (unpaired) electrons. The molecule has 0 spiro atoms. The summed E-state index contributed by atoms with van der Waals surface area (Å²) in [6.07, 6.45) is 0. The molecular formula is C14H11F3N2O. The van der Waals surface area contributed by atoms with Gasteiger partial charge in [0, 0.05) is 11.8 Å². The van der Waals surface area contributed by atoms with Gasteiger partial charge in [-0.2, -0.15) is 0 Å². The van der Waals surface area contributed by atoms with E-state index >= 15 is 0 Å². The van der Waals surface area contributed by atoms with Crippen LogP contribution >= 0.6 is 0 Å². The predicted molar refractivity (Wildman–Crippen MR) is 69.9 cm³/mol. The van der Waals surface area contributed by atoms with Gasteiger partial charge in [-0.3, -0.25) is 4.79 Å². The normalized spacial score (nSPS) is 10.4. The molecular weight excluding hydrogens is 269 g/mol. The first-order valence-corrected chi connectivity index (χ1v) is 5.70. The minimum Gasteiger partial charge on any atom is -0.396 e. The van der Waals surface area contributed by atoms with E-state index in [-0.39, 0.29) is 11.4 Å². The number of nitrogens with one attached hydrogen (secondary N) is 1. The molecule has 2 rings (SSSR count). The third-order valence-corrected chi connectivity index (χ3v) is 2.78. The number of benzene rings is 2. The molecule has 0 saturated heterocycles. The second-order valence-electron chi connectivity index (χ2n) is 4.27. The SMILES string of the molecule is Cc1ccc(F)cc1NC(=O)c1cc(N)c(F)cc1F. The van der Waals surface area contributed by atoms with Gasteiger partial charge in [-0.05, 0) is 30.7 Å². The van der Waals surface area contributed by atoms with Crippen molar-refractivity contribution in [1.29, 1.82) is 0 Å². The topological polar surface area (TPSA) is 55.1 Å². The first-order chi connectivity index (χ1) is 9.38. The number of carbonyl (C=O) groups excluding carboxylic acids is 1. The third-order valence-electron chi connectivity index (χ3n) is 2.78. The van der Waals surface area contributed by atoms with Crippen LogP contribution < -0.4 is 11.1 Å². The fourth-order valence-corrected chi connectivity index (χ4v) is 1.66. The van der Waals surface area contributed by atoms with Gasteiger partial charge in [0.25, 0.3) is 5.91 Å². The van der Waals surface area contributed by atoms with Crippen molar-refractivity contribution in [3.63, 3.8) is 0 Å². The minimum absolute atomic E-state index is 0.206. The van der Waals surface area contributed by atoms with Crippen molar-refractivity contribution in [2.45, 2.75) is 6.92 Å². The van der Waals surface area contributed by atoms with Gasteiger partial charge >= 0.3 is 0 Å². The number of amides is 1. The van der Waals surface area contributed by atoms with E-state index in [2.05, 4.69) is 5.32 Å². The zero-order valence-corrected chi connectivity index (χ0v) is 10.5. The number of hydrogen-bond donors (Lipinski definition) is 2. The molecule has 0 aliphatic carbocycles. The largest absolute Gasteiger partial charge is 0.396 e. The molecule has 0 atom stereocenters. The van der Waals surface area contributed by atoms with Gasteiger partial charge in [0.15, 0.2) is 0 Å². The Balaban J connectivity index is 2.33. The molecule has 0 fully saturated rings. The molecule has 2 aromatic rings. The first kappa shape index (κ1) is 13.9. The van der Waals surface area contributed by atoms with Crippen molar-refractivity contribution < 1.29 is 18.0 Å². The number of rotatable bonds is 2. The number of carbonyl (C=O) groups is 1. The molecule has 0 aliphatic heterocycles. The average Bonchev–Trinajstić information content (AvgIpc) is 2.38. The fourth-order valence-electron chi connectivity index (χ4n) is 1.66. The molecule has 3 nitrogen and oxygen atoms in total. The summed E-state index contributed by atoms with van der Waals surface area (Å²) in [5.41, 5.74) is 5.36. The third kappa shape index (κ3) is 2.74. The Bertz CT molecular complexity index is 686. The highest BCUT2D eigenvalue weighted by Crippen LogP contribution is 2.20. The summed E-state index contributed by atoms with van der Waals surface area (Å²) in [6.45, 7) is 1.66. The molecule has 0 heterocycles. The van der Waals surface area contributed by atoms with E-state index in [0.717, 1.165) is 12.1 Å². The van der Waals surface area contributed by atoms with Crippen LogP contribution in [0.2, 0.25) is 0 Å². The van der Waals surface area contributed by atoms with Gasteiger partial charge in [0.05, 0.1) is 11.3 Å². The maximum atomic E-state index is 13.5. The zero-order chi connectivity index (χ0) is 14.9. The number of nitrogens with two attached hydrogens (primary N) is 1. The van der Waals surface area contributed by atoms with E-state index in [1.807, 2.05) is 0 Å². The van der Waals surface area contributed by atoms with Crippen molar-refractivity contribution >= 4 is 17.3 Å². The molecule has 2 aromatic carbocycles. The van der Waals surface area contributed by atoms with Gasteiger partial charge < -0.3 is 11.1 Å². The molecule has 0 saturated carbocycles. The van der Waals surface area contributed by atoms with Crippen molar-refractivity contribution in [2.75, 3.05) is 11.1 Å². The van der Waals surface area contributed by atoms with E-state index in [1.54, 1.807) is 6.92 Å². The molecule has 1 amide bonds. The van der Waals surface area contributed by atoms with Crippen molar-refractivity contribution in [3.05, 3.63) is 58.9 Å². The second-order valence-corrected chi connectivity index (χ2v) is 4.27. The summed E-state index contributed by atoms with van der Waals surface area (Å²) in [7, 11) is 0. The number of halogens is 3. The van der Waals surface area contributed by atoms with Crippen LogP contribution in [0.4, 0.5) is 24.5 Å². The maximum Gasteiger partial charge on any atom is 0.258 e. The van der Waals surface area contributed by atoms with Crippen LogP contribution in [0.25, 0.3) is 0 Å². The van der Waals surface area contributed by atoms with Crippen molar-refractivity contribution in [1.82, 2.24) is 0 Å². The Kier molecular flexibility index (Phi) is 3.65. The molecule has 104 valence electrons. The second kappa shape index (κ2) is 5.24. The number of anilines is 2. The van der Waals surface area contributed by atoms with Crippen molar-refractivity contribution in [3.8, 4) is 0 Å². The summed E-state index contributed by atoms with van der Waals surface area (Å²) in [4.78, 5) is 11.9. The lowest BCUT2D eigenvalue weighted by atomic mass is 10.1. The Labute approximate surface area is 113 Å². The standard InChI is InChI=1S/C14H11F3N2O/c1-7-2-3-8(15)4-13(7)19-14(20)9-5-12(18)11(17)6-10(9)16/h2-6H,18H2,1H3,(H,19,20). The number of aryl methyl sites for hydroxylation is 1. The molecule has 0 aliphatic rings. The zero-order valence-electron chi connectivity index (χ0n) is 10.5. The lowest BCUT2D eigenvalue weighted by Gasteiger charge is -2.10. The summed E-state index contributed by atoms with van der Waals surface area (Å²) >= 11 is 0. The molecule has 0 aromatic heterocycles. The molecule has 3 N–H and O–H groups in total. The van der Waals surface area contributed by atoms with E-state index in [1.165, 1.54) is 12.1 Å². The Morgan fingerprint density at radius 1 is 1.10 bits per heavy atom.